The van der Waals surface area contributed by atoms with Gasteiger partial charge in [0.15, 0.2) is 0 Å². The molecule has 0 spiro atoms. The smallest absolute Gasteiger partial charge is 0.227 e. The van der Waals surface area contributed by atoms with Crippen LogP contribution >= 0.6 is 0 Å². The van der Waals surface area contributed by atoms with E-state index in [0.717, 1.165) is 48.2 Å². The molecule has 0 unspecified atom stereocenters. The van der Waals surface area contributed by atoms with Crippen LogP contribution in [-0.4, -0.2) is 68.2 Å². The highest BCUT2D eigenvalue weighted by atomic mass is 16.5. The van der Waals surface area contributed by atoms with Gasteiger partial charge in [0, 0.05) is 18.6 Å². The number of aliphatic hydroxyl groups is 1. The van der Waals surface area contributed by atoms with E-state index in [4.69, 9.17) is 9.72 Å². The summed E-state index contributed by atoms with van der Waals surface area (Å²) in [5.74, 6) is 1.09. The molecule has 2 N–H and O–H groups in total. The molecule has 4 heterocycles. The van der Waals surface area contributed by atoms with Crippen molar-refractivity contribution in [2.24, 2.45) is 7.05 Å². The average Bonchev–Trinajstić information content (AvgIpc) is 3.34. The van der Waals surface area contributed by atoms with Crippen molar-refractivity contribution in [3.05, 3.63) is 41.3 Å². The van der Waals surface area contributed by atoms with Crippen LogP contribution in [0.1, 0.15) is 35.6 Å². The van der Waals surface area contributed by atoms with Crippen LogP contribution in [0.2, 0.25) is 0 Å². The molecule has 2 saturated heterocycles. The van der Waals surface area contributed by atoms with Gasteiger partial charge in [-0.2, -0.15) is 5.10 Å². The van der Waals surface area contributed by atoms with Crippen molar-refractivity contribution in [3.8, 4) is 0 Å². The van der Waals surface area contributed by atoms with Gasteiger partial charge >= 0.3 is 0 Å². The Kier molecular flexibility index (Phi) is 5.37. The number of fused-ring (bicyclic) bond motifs is 1. The Labute approximate surface area is 182 Å². The number of anilines is 2. The lowest BCUT2D eigenvalue weighted by atomic mass is 9.85. The number of piperidine rings is 1. The van der Waals surface area contributed by atoms with Crippen LogP contribution in [0.15, 0.2) is 24.5 Å². The second kappa shape index (κ2) is 8.18. The van der Waals surface area contributed by atoms with E-state index in [1.54, 1.807) is 6.20 Å². The maximum atomic E-state index is 10.1. The van der Waals surface area contributed by atoms with E-state index in [2.05, 4.69) is 39.4 Å². The number of rotatable bonds is 4. The molecular formula is C23H30N6O2. The molecule has 164 valence electrons. The van der Waals surface area contributed by atoms with E-state index in [0.29, 0.717) is 25.1 Å². The second-order valence-electron chi connectivity index (χ2n) is 8.84. The quantitative estimate of drug-likeness (QED) is 0.668. The molecule has 3 aromatic rings. The second-order valence-corrected chi connectivity index (χ2v) is 8.84. The number of likely N-dealkylation sites (tertiary alicyclic amines) is 1. The highest BCUT2D eigenvalue weighted by molar-refractivity contribution is 5.81. The third-order valence-corrected chi connectivity index (χ3v) is 6.91. The van der Waals surface area contributed by atoms with Crippen LogP contribution in [0.5, 0.6) is 0 Å². The van der Waals surface area contributed by atoms with Crippen LogP contribution in [0.3, 0.4) is 0 Å². The number of aromatic nitrogens is 4. The summed E-state index contributed by atoms with van der Waals surface area (Å²) in [4.78, 5) is 11.7. The molecule has 0 radical (unpaired) electrons. The third-order valence-electron chi connectivity index (χ3n) is 6.91. The molecule has 0 saturated carbocycles. The van der Waals surface area contributed by atoms with Gasteiger partial charge in [0.2, 0.25) is 5.95 Å². The summed E-state index contributed by atoms with van der Waals surface area (Å²) >= 11 is 0. The lowest BCUT2D eigenvalue weighted by molar-refractivity contribution is 0.0663. The van der Waals surface area contributed by atoms with Gasteiger partial charge in [0.1, 0.15) is 0 Å². The molecule has 2 aromatic heterocycles. The van der Waals surface area contributed by atoms with Gasteiger partial charge in [-0.25, -0.2) is 9.97 Å². The molecule has 5 rings (SSSR count). The predicted molar refractivity (Wildman–Crippen MR) is 120 cm³/mol. The van der Waals surface area contributed by atoms with Gasteiger partial charge < -0.3 is 15.2 Å². The van der Waals surface area contributed by atoms with E-state index in [1.165, 1.54) is 11.1 Å². The van der Waals surface area contributed by atoms with Gasteiger partial charge in [-0.1, -0.05) is 0 Å². The SMILES string of the molecule is Cc1cc2cnc(Nc3cnn(C)c3C)nc2cc1C1CCN([C@H]2COC[C@H]2O)CC1. The maximum Gasteiger partial charge on any atom is 0.227 e. The molecule has 2 aliphatic rings. The van der Waals surface area contributed by atoms with Crippen molar-refractivity contribution in [2.75, 3.05) is 31.6 Å². The molecule has 31 heavy (non-hydrogen) atoms. The van der Waals surface area contributed by atoms with Crippen molar-refractivity contribution < 1.29 is 9.84 Å². The van der Waals surface area contributed by atoms with Crippen LogP contribution in [-0.2, 0) is 11.8 Å². The first-order chi connectivity index (χ1) is 15.0. The minimum atomic E-state index is -0.356. The first-order valence-corrected chi connectivity index (χ1v) is 11.0. The van der Waals surface area contributed by atoms with Gasteiger partial charge in [-0.05, 0) is 69.0 Å². The zero-order chi connectivity index (χ0) is 21.5. The van der Waals surface area contributed by atoms with Gasteiger partial charge in [0.25, 0.3) is 0 Å². The highest BCUT2D eigenvalue weighted by Crippen LogP contribution is 2.34. The van der Waals surface area contributed by atoms with E-state index in [1.807, 2.05) is 24.9 Å². The predicted octanol–water partition coefficient (Wildman–Crippen LogP) is 2.66. The Balaban J connectivity index is 1.35. The van der Waals surface area contributed by atoms with E-state index >= 15 is 0 Å². The number of hydrogen-bond acceptors (Lipinski definition) is 7. The Morgan fingerprint density at radius 1 is 1.13 bits per heavy atom. The van der Waals surface area contributed by atoms with Crippen molar-refractivity contribution in [1.29, 1.82) is 0 Å². The van der Waals surface area contributed by atoms with Gasteiger partial charge in [-0.15, -0.1) is 0 Å². The number of nitrogens with one attached hydrogen (secondary N) is 1. The molecule has 2 fully saturated rings. The fourth-order valence-electron chi connectivity index (χ4n) is 4.87. The minimum absolute atomic E-state index is 0.149. The maximum absolute atomic E-state index is 10.1. The summed E-state index contributed by atoms with van der Waals surface area (Å²) in [6.07, 6.45) is 5.49. The normalized spacial score (nSPS) is 23.0. The van der Waals surface area contributed by atoms with Crippen molar-refractivity contribution in [1.82, 2.24) is 24.6 Å². The fraction of sp³-hybridized carbons (Fsp3) is 0.522. The lowest BCUT2D eigenvalue weighted by Gasteiger charge is -2.37. The van der Waals surface area contributed by atoms with Crippen LogP contribution in [0.4, 0.5) is 11.6 Å². The highest BCUT2D eigenvalue weighted by Gasteiger charge is 2.34. The standard InChI is InChI=1S/C23H30N6O2/c1-14-8-17-10-24-23(27-20-11-25-28(3)15(20)2)26-19(17)9-18(14)16-4-6-29(7-5-16)21-12-31-13-22(21)30/h8-11,16,21-22,30H,4-7,12-13H2,1-3H3,(H,24,26,27)/t21-,22+/m0/s1. The fourth-order valence-corrected chi connectivity index (χ4v) is 4.87. The first-order valence-electron chi connectivity index (χ1n) is 11.0. The zero-order valence-corrected chi connectivity index (χ0v) is 18.4. The topological polar surface area (TPSA) is 88.3 Å². The van der Waals surface area contributed by atoms with Crippen molar-refractivity contribution >= 4 is 22.5 Å². The van der Waals surface area contributed by atoms with Gasteiger partial charge in [0.05, 0.1) is 48.5 Å². The van der Waals surface area contributed by atoms with E-state index < -0.39 is 0 Å². The van der Waals surface area contributed by atoms with Crippen LogP contribution < -0.4 is 5.32 Å². The summed E-state index contributed by atoms with van der Waals surface area (Å²) in [5, 5.41) is 18.8. The molecule has 2 atom stereocenters. The average molecular weight is 423 g/mol. The third kappa shape index (κ3) is 3.91. The number of aryl methyl sites for hydroxylation is 2. The molecule has 0 bridgehead atoms. The largest absolute Gasteiger partial charge is 0.389 e. The molecule has 8 heteroatoms. The number of nitrogens with zero attached hydrogens (tertiary/aromatic N) is 5. The molecule has 8 nitrogen and oxygen atoms in total. The monoisotopic (exact) mass is 422 g/mol. The summed E-state index contributed by atoms with van der Waals surface area (Å²) < 4.78 is 7.27. The first kappa shape index (κ1) is 20.4. The summed E-state index contributed by atoms with van der Waals surface area (Å²) in [5.41, 5.74) is 5.58. The molecule has 1 aromatic carbocycles. The molecule has 0 amide bonds. The molecule has 0 aliphatic carbocycles. The Bertz CT molecular complexity index is 1090. The summed E-state index contributed by atoms with van der Waals surface area (Å²) in [6, 6.07) is 4.59. The molecular weight excluding hydrogens is 392 g/mol. The Morgan fingerprint density at radius 2 is 1.94 bits per heavy atom. The summed E-state index contributed by atoms with van der Waals surface area (Å²) in [7, 11) is 1.92. The minimum Gasteiger partial charge on any atom is -0.389 e. The zero-order valence-electron chi connectivity index (χ0n) is 18.4. The summed E-state index contributed by atoms with van der Waals surface area (Å²) in [6.45, 7) is 7.28. The number of aliphatic hydroxyl groups excluding tert-OH is 1. The van der Waals surface area contributed by atoms with Crippen molar-refractivity contribution in [2.45, 2.75) is 44.8 Å². The Hall–Kier alpha value is -2.55. The number of benzene rings is 1. The number of hydrogen-bond donors (Lipinski definition) is 2. The van der Waals surface area contributed by atoms with E-state index in [-0.39, 0.29) is 12.1 Å². The lowest BCUT2D eigenvalue weighted by Crippen LogP contribution is -2.46. The van der Waals surface area contributed by atoms with Crippen LogP contribution in [0, 0.1) is 13.8 Å². The van der Waals surface area contributed by atoms with Gasteiger partial charge in [-0.3, -0.25) is 9.58 Å². The van der Waals surface area contributed by atoms with Crippen LogP contribution in [0.25, 0.3) is 10.9 Å². The Morgan fingerprint density at radius 3 is 2.61 bits per heavy atom. The van der Waals surface area contributed by atoms with Crippen molar-refractivity contribution in [3.63, 3.8) is 0 Å². The van der Waals surface area contributed by atoms with E-state index in [9.17, 15) is 5.11 Å². The molecule has 2 aliphatic heterocycles. The number of ether oxygens (including phenoxy) is 1.